The van der Waals surface area contributed by atoms with Crippen LogP contribution in [0.1, 0.15) is 26.9 Å². The quantitative estimate of drug-likeness (QED) is 0.572. The summed E-state index contributed by atoms with van der Waals surface area (Å²) < 4.78 is 6.17. The molecule has 1 aromatic heterocycles. The summed E-state index contributed by atoms with van der Waals surface area (Å²) in [4.78, 5) is 26.5. The minimum atomic E-state index is -0.864. The number of nitrogens with zero attached hydrogens (tertiary/aromatic N) is 2. The van der Waals surface area contributed by atoms with Crippen molar-refractivity contribution in [2.75, 3.05) is 12.8 Å². The fraction of sp³-hybridized carbons (Fsp3) is 0.0870. The molecule has 3 aromatic rings. The van der Waals surface area contributed by atoms with E-state index in [1.54, 1.807) is 54.6 Å². The van der Waals surface area contributed by atoms with Crippen molar-refractivity contribution in [2.24, 2.45) is 0 Å². The molecule has 32 heavy (non-hydrogen) atoms. The molecule has 1 atom stereocenters. The molecule has 6 nitrogen and oxygen atoms in total. The van der Waals surface area contributed by atoms with Gasteiger partial charge in [0.2, 0.25) is 5.91 Å². The van der Waals surface area contributed by atoms with E-state index in [9.17, 15) is 14.9 Å². The Hall–Kier alpha value is -3.18. The van der Waals surface area contributed by atoms with Crippen molar-refractivity contribution in [1.82, 2.24) is 4.57 Å². The number of benzene rings is 2. The maximum absolute atomic E-state index is 13.6. The summed E-state index contributed by atoms with van der Waals surface area (Å²) in [7, 11) is 1.25. The second-order valence-electron chi connectivity index (χ2n) is 6.82. The van der Waals surface area contributed by atoms with E-state index in [4.69, 9.17) is 33.7 Å². The van der Waals surface area contributed by atoms with Gasteiger partial charge in [-0.2, -0.15) is 5.26 Å². The van der Waals surface area contributed by atoms with Crippen LogP contribution < -0.4 is 16.3 Å². The van der Waals surface area contributed by atoms with Crippen LogP contribution in [0.3, 0.4) is 0 Å². The number of nitrogen functional groups attached to an aromatic ring is 1. The molecule has 1 aliphatic rings. The van der Waals surface area contributed by atoms with Crippen molar-refractivity contribution in [3.05, 3.63) is 86.0 Å². The van der Waals surface area contributed by atoms with Crippen LogP contribution >= 0.6 is 35.0 Å². The molecule has 1 aliphatic heterocycles. The van der Waals surface area contributed by atoms with Gasteiger partial charge >= 0.3 is 5.97 Å². The number of ether oxygens (including phenoxy) is 1. The highest BCUT2D eigenvalue weighted by Gasteiger charge is 2.37. The molecule has 2 N–H and O–H groups in total. The summed E-state index contributed by atoms with van der Waals surface area (Å²) >= 11 is 13.6. The standard InChI is InChI=1S/C23H15Cl2N3O3S/c1-31-23(30)21-19-14(10-12-6-2-4-8-15(12)24)18(27)17(11-26)28(19)22(29)20(32-21)13-7-3-5-9-16(13)25/h2-10,20H,27H2,1H3/b14-10+/t20-/m1/s1. The summed E-state index contributed by atoms with van der Waals surface area (Å²) in [6.45, 7) is 0. The number of aromatic nitrogens is 1. The summed E-state index contributed by atoms with van der Waals surface area (Å²) in [6.07, 6.45) is 1.65. The zero-order valence-electron chi connectivity index (χ0n) is 16.6. The van der Waals surface area contributed by atoms with Crippen LogP contribution in [0, 0.1) is 11.3 Å². The largest absolute Gasteiger partial charge is 0.465 e. The van der Waals surface area contributed by atoms with Crippen molar-refractivity contribution in [3.8, 4) is 6.07 Å². The molecule has 0 aliphatic carbocycles. The topological polar surface area (TPSA) is 98.1 Å². The predicted octanol–water partition coefficient (Wildman–Crippen LogP) is 3.49. The molecule has 2 aromatic carbocycles. The van der Waals surface area contributed by atoms with E-state index in [2.05, 4.69) is 0 Å². The monoisotopic (exact) mass is 483 g/mol. The van der Waals surface area contributed by atoms with Gasteiger partial charge < -0.3 is 10.5 Å². The average molecular weight is 484 g/mol. The summed E-state index contributed by atoms with van der Waals surface area (Å²) in [5.74, 6) is -1.09. The zero-order valence-corrected chi connectivity index (χ0v) is 19.0. The molecule has 0 spiro atoms. The Morgan fingerprint density at radius 1 is 1.19 bits per heavy atom. The Morgan fingerprint density at radius 2 is 1.84 bits per heavy atom. The number of nitrogens with two attached hydrogens (primary N) is 1. The number of hydrogen-bond acceptors (Lipinski definition) is 6. The molecule has 0 radical (unpaired) electrons. The summed E-state index contributed by atoms with van der Waals surface area (Å²) in [5, 5.41) is 10.3. The van der Waals surface area contributed by atoms with Gasteiger partial charge in [0, 0.05) is 15.3 Å². The molecule has 0 unspecified atom stereocenters. The van der Waals surface area contributed by atoms with Crippen LogP contribution in [-0.2, 0) is 9.53 Å². The van der Waals surface area contributed by atoms with E-state index in [1.807, 2.05) is 6.07 Å². The van der Waals surface area contributed by atoms with E-state index in [1.165, 1.54) is 11.7 Å². The van der Waals surface area contributed by atoms with Crippen LogP contribution in [-0.4, -0.2) is 23.6 Å². The fourth-order valence-electron chi connectivity index (χ4n) is 3.52. The van der Waals surface area contributed by atoms with Gasteiger partial charge in [-0.05, 0) is 29.3 Å². The van der Waals surface area contributed by atoms with Crippen molar-refractivity contribution < 1.29 is 14.3 Å². The van der Waals surface area contributed by atoms with E-state index < -0.39 is 17.1 Å². The molecular formula is C23H15Cl2N3O3S. The molecule has 0 saturated carbocycles. The normalized spacial score (nSPS) is 15.9. The van der Waals surface area contributed by atoms with Gasteiger partial charge in [0.15, 0.2) is 5.69 Å². The summed E-state index contributed by atoms with van der Waals surface area (Å²) in [6, 6.07) is 15.9. The number of carbonyl (C=O) groups is 2. The number of esters is 1. The Bertz CT molecular complexity index is 1440. The Morgan fingerprint density at radius 3 is 2.47 bits per heavy atom. The molecule has 2 heterocycles. The number of rotatable bonds is 3. The first-order chi connectivity index (χ1) is 15.4. The van der Waals surface area contributed by atoms with Crippen molar-refractivity contribution in [3.63, 3.8) is 0 Å². The number of hydrogen-bond donors (Lipinski definition) is 1. The summed E-state index contributed by atoms with van der Waals surface area (Å²) in [5.41, 5.74) is 7.44. The van der Waals surface area contributed by atoms with Crippen LogP contribution in [0.4, 0.5) is 5.69 Å². The second-order valence-corrected chi connectivity index (χ2v) is 8.75. The zero-order chi connectivity index (χ0) is 23.0. The SMILES string of the molecule is COC(=O)C1=c2/c(=C/c3ccccc3Cl)c(N)c(C#N)n2C(=O)[C@@H](c2ccccc2Cl)S1. The molecular weight excluding hydrogens is 469 g/mol. The van der Waals surface area contributed by atoms with Crippen LogP contribution in [0.2, 0.25) is 10.0 Å². The third-order valence-electron chi connectivity index (χ3n) is 5.01. The highest BCUT2D eigenvalue weighted by atomic mass is 35.5. The second kappa shape index (κ2) is 8.75. The van der Waals surface area contributed by atoms with Gasteiger partial charge in [-0.15, -0.1) is 0 Å². The average Bonchev–Trinajstić information content (AvgIpc) is 3.07. The van der Waals surface area contributed by atoms with Crippen LogP contribution in [0.5, 0.6) is 0 Å². The third-order valence-corrected chi connectivity index (χ3v) is 6.99. The van der Waals surface area contributed by atoms with E-state index in [0.717, 1.165) is 11.8 Å². The van der Waals surface area contributed by atoms with E-state index in [0.29, 0.717) is 26.4 Å². The van der Waals surface area contributed by atoms with Gasteiger partial charge in [0.05, 0.1) is 18.1 Å². The molecule has 0 bridgehead atoms. The van der Waals surface area contributed by atoms with Crippen LogP contribution in [0.15, 0.2) is 48.5 Å². The Kier molecular flexibility index (Phi) is 6.02. The van der Waals surface area contributed by atoms with Crippen molar-refractivity contribution in [1.29, 1.82) is 5.26 Å². The van der Waals surface area contributed by atoms with E-state index >= 15 is 0 Å². The Labute approximate surface area is 197 Å². The van der Waals surface area contributed by atoms with Crippen LogP contribution in [0.25, 0.3) is 11.0 Å². The molecule has 0 saturated heterocycles. The maximum atomic E-state index is 13.6. The number of nitriles is 1. The Balaban J connectivity index is 2.11. The molecule has 4 rings (SSSR count). The maximum Gasteiger partial charge on any atom is 0.346 e. The number of thioether (sulfide) groups is 1. The fourth-order valence-corrected chi connectivity index (χ4v) is 5.29. The lowest BCUT2D eigenvalue weighted by atomic mass is 10.1. The van der Waals surface area contributed by atoms with Crippen molar-refractivity contribution >= 4 is 63.5 Å². The highest BCUT2D eigenvalue weighted by Crippen LogP contribution is 2.41. The lowest BCUT2D eigenvalue weighted by Crippen LogP contribution is -2.42. The van der Waals surface area contributed by atoms with Gasteiger partial charge in [-0.3, -0.25) is 9.36 Å². The first-order valence-corrected chi connectivity index (χ1v) is 11.0. The predicted molar refractivity (Wildman–Crippen MR) is 126 cm³/mol. The molecule has 0 amide bonds. The lowest BCUT2D eigenvalue weighted by molar-refractivity contribution is -0.133. The highest BCUT2D eigenvalue weighted by molar-refractivity contribution is 8.10. The molecule has 160 valence electrons. The van der Waals surface area contributed by atoms with Gasteiger partial charge in [-0.25, -0.2) is 4.79 Å². The minimum absolute atomic E-state index is 0.0672. The molecule has 9 heteroatoms. The number of carbonyl (C=O) groups excluding carboxylic acids is 2. The van der Waals surface area contributed by atoms with Gasteiger partial charge in [0.1, 0.15) is 16.2 Å². The number of fused-ring (bicyclic) bond motifs is 1. The number of methoxy groups -OCH3 is 1. The number of halogens is 2. The van der Waals surface area contributed by atoms with Crippen molar-refractivity contribution in [2.45, 2.75) is 5.25 Å². The first-order valence-electron chi connectivity index (χ1n) is 9.33. The van der Waals surface area contributed by atoms with Gasteiger partial charge in [0.25, 0.3) is 0 Å². The smallest absolute Gasteiger partial charge is 0.346 e. The first kappa shape index (κ1) is 22.0. The minimum Gasteiger partial charge on any atom is -0.465 e. The van der Waals surface area contributed by atoms with E-state index in [-0.39, 0.29) is 21.6 Å². The lowest BCUT2D eigenvalue weighted by Gasteiger charge is -2.23. The number of anilines is 1. The van der Waals surface area contributed by atoms with Gasteiger partial charge in [-0.1, -0.05) is 71.4 Å². The third kappa shape index (κ3) is 3.56. The molecule has 0 fully saturated rings.